The van der Waals surface area contributed by atoms with Crippen molar-refractivity contribution < 1.29 is 0 Å². The van der Waals surface area contributed by atoms with Crippen molar-refractivity contribution in [3.05, 3.63) is 53.9 Å². The van der Waals surface area contributed by atoms with E-state index in [4.69, 9.17) is 4.99 Å². The normalized spacial score (nSPS) is 24.6. The van der Waals surface area contributed by atoms with Gasteiger partial charge in [0.05, 0.1) is 6.20 Å². The van der Waals surface area contributed by atoms with E-state index in [2.05, 4.69) is 58.8 Å². The molecule has 27 heavy (non-hydrogen) atoms. The number of benzene rings is 1. The molecule has 2 aliphatic rings. The van der Waals surface area contributed by atoms with Gasteiger partial charge in [0, 0.05) is 44.8 Å². The summed E-state index contributed by atoms with van der Waals surface area (Å²) in [5.74, 6) is 2.42. The molecule has 3 atom stereocenters. The summed E-state index contributed by atoms with van der Waals surface area (Å²) >= 11 is 0. The van der Waals surface area contributed by atoms with Crippen molar-refractivity contribution in [2.24, 2.45) is 18.0 Å². The molecule has 1 aromatic heterocycles. The smallest absolute Gasteiger partial charge is 0.194 e. The van der Waals surface area contributed by atoms with Gasteiger partial charge in [0.1, 0.15) is 0 Å². The van der Waals surface area contributed by atoms with Gasteiger partial charge in [0.2, 0.25) is 0 Å². The van der Waals surface area contributed by atoms with Gasteiger partial charge in [-0.2, -0.15) is 5.10 Å². The number of likely N-dealkylation sites (tertiary alicyclic amines) is 1. The maximum absolute atomic E-state index is 4.78. The Hall–Kier alpha value is -1.57. The molecule has 4 rings (SSSR count). The van der Waals surface area contributed by atoms with Crippen molar-refractivity contribution in [2.45, 2.75) is 38.1 Å². The quantitative estimate of drug-likeness (QED) is 0.406. The highest BCUT2D eigenvalue weighted by atomic mass is 127. The lowest BCUT2D eigenvalue weighted by Gasteiger charge is -2.22. The predicted molar refractivity (Wildman–Crippen MR) is 121 cm³/mol. The average Bonchev–Trinajstić information content (AvgIpc) is 3.05. The van der Waals surface area contributed by atoms with Crippen molar-refractivity contribution in [1.29, 1.82) is 0 Å². The summed E-state index contributed by atoms with van der Waals surface area (Å²) in [6.07, 6.45) is 7.68. The number of hydrogen-bond acceptors (Lipinski definition) is 2. The number of guanidine groups is 1. The zero-order valence-electron chi connectivity index (χ0n) is 16.2. The Morgan fingerprint density at radius 3 is 2.81 bits per heavy atom. The third-order valence-corrected chi connectivity index (χ3v) is 5.51. The van der Waals surface area contributed by atoms with Gasteiger partial charge in [-0.25, -0.2) is 0 Å². The van der Waals surface area contributed by atoms with Gasteiger partial charge in [0.25, 0.3) is 0 Å². The Kier molecular flexibility index (Phi) is 6.78. The summed E-state index contributed by atoms with van der Waals surface area (Å²) in [4.78, 5) is 7.22. The van der Waals surface area contributed by atoms with Crippen LogP contribution in [0.15, 0.2) is 47.7 Å². The minimum absolute atomic E-state index is 0. The lowest BCUT2D eigenvalue weighted by atomic mass is 10.0. The summed E-state index contributed by atoms with van der Waals surface area (Å²) < 4.78 is 1.89. The highest BCUT2D eigenvalue weighted by Gasteiger charge is 2.40. The molecule has 1 saturated heterocycles. The molecule has 0 bridgehead atoms. The zero-order valence-corrected chi connectivity index (χ0v) is 18.5. The third kappa shape index (κ3) is 5.03. The fourth-order valence-corrected chi connectivity index (χ4v) is 4.08. The number of aliphatic imine (C=N–C) groups is 1. The molecule has 1 aliphatic heterocycles. The Bertz CT molecular complexity index is 757. The van der Waals surface area contributed by atoms with Gasteiger partial charge in [-0.05, 0) is 43.2 Å². The number of aromatic nitrogens is 2. The molecule has 3 unspecified atom stereocenters. The Balaban J connectivity index is 0.00000210. The molecule has 0 spiro atoms. The minimum atomic E-state index is 0. The van der Waals surface area contributed by atoms with E-state index in [0.29, 0.717) is 17.9 Å². The van der Waals surface area contributed by atoms with Gasteiger partial charge in [-0.1, -0.05) is 30.3 Å². The summed E-state index contributed by atoms with van der Waals surface area (Å²) in [7, 11) is 1.99. The molecule has 1 N–H and O–H groups in total. The topological polar surface area (TPSA) is 45.5 Å². The Morgan fingerprint density at radius 2 is 2.11 bits per heavy atom. The summed E-state index contributed by atoms with van der Waals surface area (Å²) in [5, 5.41) is 8.02. The van der Waals surface area contributed by atoms with Crippen LogP contribution in [0.3, 0.4) is 0 Å². The lowest BCUT2D eigenvalue weighted by Crippen LogP contribution is -2.41. The SMILES string of the molecule is CCN=C(NC1CC1c1ccccc1)N1CCC(Cc2cnn(C)c2)C1.I. The molecule has 146 valence electrons. The lowest BCUT2D eigenvalue weighted by molar-refractivity contribution is 0.458. The summed E-state index contributed by atoms with van der Waals surface area (Å²) in [6.45, 7) is 5.13. The van der Waals surface area contributed by atoms with E-state index in [1.54, 1.807) is 0 Å². The maximum Gasteiger partial charge on any atom is 0.194 e. The number of halogens is 1. The van der Waals surface area contributed by atoms with Crippen LogP contribution in [0.25, 0.3) is 0 Å². The van der Waals surface area contributed by atoms with Crippen LogP contribution < -0.4 is 5.32 Å². The van der Waals surface area contributed by atoms with E-state index in [9.17, 15) is 0 Å². The maximum atomic E-state index is 4.78. The standard InChI is InChI=1S/C21H29N5.HI/c1-3-22-21(24-20-12-19(20)18-7-5-4-6-8-18)26-10-9-16(15-26)11-17-13-23-25(2)14-17;/h4-8,13-14,16,19-20H,3,9-12,15H2,1-2H3,(H,22,24);1H. The Labute approximate surface area is 179 Å². The van der Waals surface area contributed by atoms with Crippen LogP contribution in [0.1, 0.15) is 36.8 Å². The van der Waals surface area contributed by atoms with Gasteiger partial charge < -0.3 is 10.2 Å². The van der Waals surface area contributed by atoms with E-state index in [1.165, 1.54) is 24.0 Å². The molecule has 0 amide bonds. The molecule has 2 heterocycles. The Morgan fingerprint density at radius 1 is 1.30 bits per heavy atom. The van der Waals surface area contributed by atoms with Crippen molar-refractivity contribution >= 4 is 29.9 Å². The first kappa shape index (κ1) is 20.2. The van der Waals surface area contributed by atoms with E-state index in [-0.39, 0.29) is 24.0 Å². The van der Waals surface area contributed by atoms with Crippen molar-refractivity contribution in [3.63, 3.8) is 0 Å². The first-order chi connectivity index (χ1) is 12.7. The summed E-state index contributed by atoms with van der Waals surface area (Å²) in [5.41, 5.74) is 2.78. The van der Waals surface area contributed by atoms with Crippen LogP contribution in [-0.2, 0) is 13.5 Å². The molecule has 0 radical (unpaired) electrons. The van der Waals surface area contributed by atoms with Gasteiger partial charge >= 0.3 is 0 Å². The van der Waals surface area contributed by atoms with Gasteiger partial charge in [0.15, 0.2) is 5.96 Å². The molecular formula is C21H30IN5. The minimum Gasteiger partial charge on any atom is -0.353 e. The first-order valence-electron chi connectivity index (χ1n) is 9.81. The largest absolute Gasteiger partial charge is 0.353 e. The monoisotopic (exact) mass is 479 g/mol. The van der Waals surface area contributed by atoms with Crippen LogP contribution in [0.4, 0.5) is 0 Å². The van der Waals surface area contributed by atoms with Crippen LogP contribution in [0.5, 0.6) is 0 Å². The van der Waals surface area contributed by atoms with Crippen LogP contribution in [0.2, 0.25) is 0 Å². The predicted octanol–water partition coefficient (Wildman–Crippen LogP) is 3.42. The number of aryl methyl sites for hydroxylation is 1. The average molecular weight is 479 g/mol. The van der Waals surface area contributed by atoms with Crippen LogP contribution in [0, 0.1) is 5.92 Å². The molecular weight excluding hydrogens is 449 g/mol. The number of rotatable bonds is 5. The zero-order chi connectivity index (χ0) is 17.9. The molecule has 1 aromatic carbocycles. The van der Waals surface area contributed by atoms with Crippen LogP contribution in [-0.4, -0.2) is 46.3 Å². The van der Waals surface area contributed by atoms with E-state index < -0.39 is 0 Å². The molecule has 6 heteroatoms. The number of nitrogens with zero attached hydrogens (tertiary/aromatic N) is 4. The first-order valence-corrected chi connectivity index (χ1v) is 9.81. The van der Waals surface area contributed by atoms with E-state index in [1.807, 2.05) is 17.9 Å². The fourth-order valence-electron chi connectivity index (χ4n) is 4.08. The molecule has 1 aliphatic carbocycles. The van der Waals surface area contributed by atoms with Crippen molar-refractivity contribution in [2.75, 3.05) is 19.6 Å². The second-order valence-corrected chi connectivity index (χ2v) is 7.63. The highest BCUT2D eigenvalue weighted by Crippen LogP contribution is 2.40. The second kappa shape index (κ2) is 9.08. The highest BCUT2D eigenvalue weighted by molar-refractivity contribution is 14.0. The molecule has 2 fully saturated rings. The molecule has 2 aromatic rings. The van der Waals surface area contributed by atoms with E-state index in [0.717, 1.165) is 32.0 Å². The van der Waals surface area contributed by atoms with Crippen LogP contribution >= 0.6 is 24.0 Å². The van der Waals surface area contributed by atoms with Gasteiger partial charge in [-0.15, -0.1) is 24.0 Å². The fraction of sp³-hybridized carbons (Fsp3) is 0.524. The van der Waals surface area contributed by atoms with Crippen molar-refractivity contribution in [3.8, 4) is 0 Å². The van der Waals surface area contributed by atoms with Gasteiger partial charge in [-0.3, -0.25) is 9.67 Å². The molecule has 5 nitrogen and oxygen atoms in total. The number of nitrogens with one attached hydrogen (secondary N) is 1. The summed E-state index contributed by atoms with van der Waals surface area (Å²) in [6, 6.07) is 11.4. The second-order valence-electron chi connectivity index (χ2n) is 7.63. The third-order valence-electron chi connectivity index (χ3n) is 5.51. The van der Waals surface area contributed by atoms with Crippen molar-refractivity contribution in [1.82, 2.24) is 20.0 Å². The molecule has 1 saturated carbocycles. The van der Waals surface area contributed by atoms with E-state index >= 15 is 0 Å². The number of hydrogen-bond donors (Lipinski definition) is 1.